The summed E-state index contributed by atoms with van der Waals surface area (Å²) in [5, 5.41) is 0. The van der Waals surface area contributed by atoms with Crippen molar-refractivity contribution in [3.8, 4) is 0 Å². The van der Waals surface area contributed by atoms with E-state index in [2.05, 4.69) is 35.2 Å². The number of rotatable bonds is 2. The Morgan fingerprint density at radius 2 is 2.06 bits per heavy atom. The van der Waals surface area contributed by atoms with Crippen molar-refractivity contribution in [3.05, 3.63) is 35.9 Å². The fourth-order valence-electron chi connectivity index (χ4n) is 3.30. The number of carbonyl (C=O) groups excluding carboxylic acids is 1. The SMILES string of the molecule is O=C1CCN2CC(Cc3ccccc3)CC2C1. The molecule has 2 aliphatic heterocycles. The van der Waals surface area contributed by atoms with E-state index in [-0.39, 0.29) is 0 Å². The van der Waals surface area contributed by atoms with Crippen molar-refractivity contribution < 1.29 is 4.79 Å². The van der Waals surface area contributed by atoms with Crippen LogP contribution in [0.2, 0.25) is 0 Å². The fourth-order valence-corrected chi connectivity index (χ4v) is 3.30. The molecule has 0 bridgehead atoms. The molecule has 90 valence electrons. The number of benzene rings is 1. The van der Waals surface area contributed by atoms with Crippen LogP contribution in [0.5, 0.6) is 0 Å². The lowest BCUT2D eigenvalue weighted by Crippen LogP contribution is -2.38. The average molecular weight is 229 g/mol. The van der Waals surface area contributed by atoms with E-state index in [0.29, 0.717) is 11.8 Å². The highest BCUT2D eigenvalue weighted by molar-refractivity contribution is 5.80. The number of piperidine rings is 1. The van der Waals surface area contributed by atoms with Gasteiger partial charge in [-0.15, -0.1) is 0 Å². The summed E-state index contributed by atoms with van der Waals surface area (Å²) in [5.74, 6) is 1.21. The van der Waals surface area contributed by atoms with Gasteiger partial charge in [0.2, 0.25) is 0 Å². The number of carbonyl (C=O) groups is 1. The summed E-state index contributed by atoms with van der Waals surface area (Å²) in [6.07, 6.45) is 3.95. The van der Waals surface area contributed by atoms with Gasteiger partial charge in [-0.3, -0.25) is 9.69 Å². The first kappa shape index (κ1) is 11.0. The monoisotopic (exact) mass is 229 g/mol. The molecule has 0 spiro atoms. The van der Waals surface area contributed by atoms with Crippen LogP contribution in [0.15, 0.2) is 30.3 Å². The van der Waals surface area contributed by atoms with E-state index < -0.39 is 0 Å². The van der Waals surface area contributed by atoms with Crippen LogP contribution in [-0.4, -0.2) is 29.8 Å². The van der Waals surface area contributed by atoms with E-state index in [1.807, 2.05) is 0 Å². The average Bonchev–Trinajstić information content (AvgIpc) is 2.71. The molecule has 0 N–H and O–H groups in total. The Kier molecular flexibility index (Phi) is 2.98. The van der Waals surface area contributed by atoms with Crippen molar-refractivity contribution >= 4 is 5.78 Å². The van der Waals surface area contributed by atoms with Crippen molar-refractivity contribution in [1.82, 2.24) is 4.90 Å². The Morgan fingerprint density at radius 1 is 1.24 bits per heavy atom. The van der Waals surface area contributed by atoms with Crippen LogP contribution >= 0.6 is 0 Å². The molecule has 0 saturated carbocycles. The lowest BCUT2D eigenvalue weighted by atomic mass is 9.94. The third-order valence-electron chi connectivity index (χ3n) is 4.12. The van der Waals surface area contributed by atoms with Gasteiger partial charge < -0.3 is 0 Å². The highest BCUT2D eigenvalue weighted by atomic mass is 16.1. The Morgan fingerprint density at radius 3 is 2.88 bits per heavy atom. The zero-order valence-electron chi connectivity index (χ0n) is 10.1. The van der Waals surface area contributed by atoms with Crippen LogP contribution in [0.1, 0.15) is 24.8 Å². The van der Waals surface area contributed by atoms with Crippen molar-refractivity contribution in [2.24, 2.45) is 5.92 Å². The Bertz CT molecular complexity index is 401. The number of nitrogens with zero attached hydrogens (tertiary/aromatic N) is 1. The minimum Gasteiger partial charge on any atom is -0.300 e. The summed E-state index contributed by atoms with van der Waals surface area (Å²) in [6.45, 7) is 2.18. The first-order chi connectivity index (χ1) is 8.31. The Balaban J connectivity index is 1.62. The second-order valence-corrected chi connectivity index (χ2v) is 5.43. The zero-order valence-corrected chi connectivity index (χ0v) is 10.1. The molecular formula is C15H19NO. The predicted molar refractivity (Wildman–Crippen MR) is 67.9 cm³/mol. The first-order valence-electron chi connectivity index (χ1n) is 6.61. The highest BCUT2D eigenvalue weighted by Gasteiger charge is 2.35. The smallest absolute Gasteiger partial charge is 0.135 e. The van der Waals surface area contributed by atoms with E-state index in [4.69, 9.17) is 0 Å². The first-order valence-corrected chi connectivity index (χ1v) is 6.61. The molecule has 0 aliphatic carbocycles. The highest BCUT2D eigenvalue weighted by Crippen LogP contribution is 2.31. The summed E-state index contributed by atoms with van der Waals surface area (Å²) in [5.41, 5.74) is 1.43. The van der Waals surface area contributed by atoms with E-state index in [1.165, 1.54) is 24.9 Å². The van der Waals surface area contributed by atoms with Gasteiger partial charge in [0.15, 0.2) is 0 Å². The van der Waals surface area contributed by atoms with E-state index in [1.54, 1.807) is 0 Å². The van der Waals surface area contributed by atoms with Gasteiger partial charge in [0.05, 0.1) is 0 Å². The van der Waals surface area contributed by atoms with Crippen molar-refractivity contribution in [1.29, 1.82) is 0 Å². The molecule has 0 amide bonds. The van der Waals surface area contributed by atoms with Crippen LogP contribution in [0.4, 0.5) is 0 Å². The molecule has 1 aromatic carbocycles. The van der Waals surface area contributed by atoms with Crippen LogP contribution in [0.25, 0.3) is 0 Å². The Labute approximate surface area is 103 Å². The molecule has 0 radical (unpaired) electrons. The van der Waals surface area contributed by atoms with Crippen LogP contribution in [-0.2, 0) is 11.2 Å². The van der Waals surface area contributed by atoms with Gasteiger partial charge in [0, 0.05) is 32.0 Å². The fraction of sp³-hybridized carbons (Fsp3) is 0.533. The largest absolute Gasteiger partial charge is 0.300 e. The molecule has 2 unspecified atom stereocenters. The molecule has 2 saturated heterocycles. The van der Waals surface area contributed by atoms with E-state index in [9.17, 15) is 4.79 Å². The predicted octanol–water partition coefficient (Wildman–Crippen LogP) is 2.28. The topological polar surface area (TPSA) is 20.3 Å². The quantitative estimate of drug-likeness (QED) is 0.775. The van der Waals surface area contributed by atoms with Gasteiger partial charge in [-0.05, 0) is 24.3 Å². The minimum atomic E-state index is 0.464. The summed E-state index contributed by atoms with van der Waals surface area (Å²) in [7, 11) is 0. The van der Waals surface area contributed by atoms with E-state index >= 15 is 0 Å². The van der Waals surface area contributed by atoms with Crippen molar-refractivity contribution in [2.75, 3.05) is 13.1 Å². The lowest BCUT2D eigenvalue weighted by Gasteiger charge is -2.27. The Hall–Kier alpha value is -1.15. The number of ketones is 1. The van der Waals surface area contributed by atoms with E-state index in [0.717, 1.165) is 25.3 Å². The van der Waals surface area contributed by atoms with Crippen molar-refractivity contribution in [2.45, 2.75) is 31.7 Å². The maximum atomic E-state index is 11.4. The van der Waals surface area contributed by atoms with Gasteiger partial charge in [-0.25, -0.2) is 0 Å². The maximum Gasteiger partial charge on any atom is 0.135 e. The van der Waals surface area contributed by atoms with Gasteiger partial charge in [0.1, 0.15) is 5.78 Å². The van der Waals surface area contributed by atoms with Gasteiger partial charge in [0.25, 0.3) is 0 Å². The molecule has 17 heavy (non-hydrogen) atoms. The normalized spacial score (nSPS) is 29.3. The molecule has 2 fully saturated rings. The number of Topliss-reactive ketones (excluding diaryl/α,β-unsaturated/α-hetero) is 1. The molecule has 1 aromatic rings. The second kappa shape index (κ2) is 4.61. The number of hydrogen-bond acceptors (Lipinski definition) is 2. The van der Waals surface area contributed by atoms with Gasteiger partial charge in [-0.2, -0.15) is 0 Å². The third kappa shape index (κ3) is 2.42. The molecular weight excluding hydrogens is 210 g/mol. The zero-order chi connectivity index (χ0) is 11.7. The van der Waals surface area contributed by atoms with Crippen LogP contribution in [0, 0.1) is 5.92 Å². The molecule has 2 heterocycles. The summed E-state index contributed by atoms with van der Waals surface area (Å²) in [6, 6.07) is 11.3. The standard InChI is InChI=1S/C15H19NO/c17-15-6-7-16-11-13(9-14(16)10-15)8-12-4-2-1-3-5-12/h1-5,13-14H,6-11H2. The van der Waals surface area contributed by atoms with Crippen LogP contribution < -0.4 is 0 Å². The molecule has 3 rings (SSSR count). The summed E-state index contributed by atoms with van der Waals surface area (Å²) >= 11 is 0. The summed E-state index contributed by atoms with van der Waals surface area (Å²) < 4.78 is 0. The maximum absolute atomic E-state index is 11.4. The molecule has 2 heteroatoms. The van der Waals surface area contributed by atoms with Gasteiger partial charge >= 0.3 is 0 Å². The number of fused-ring (bicyclic) bond motifs is 1. The summed E-state index contributed by atoms with van der Waals surface area (Å²) in [4.78, 5) is 14.0. The second-order valence-electron chi connectivity index (χ2n) is 5.43. The minimum absolute atomic E-state index is 0.464. The third-order valence-corrected chi connectivity index (χ3v) is 4.12. The molecule has 2 nitrogen and oxygen atoms in total. The van der Waals surface area contributed by atoms with Gasteiger partial charge in [-0.1, -0.05) is 30.3 Å². The molecule has 2 aliphatic rings. The van der Waals surface area contributed by atoms with Crippen LogP contribution in [0.3, 0.4) is 0 Å². The van der Waals surface area contributed by atoms with Crippen molar-refractivity contribution in [3.63, 3.8) is 0 Å². The molecule has 2 atom stereocenters. The lowest BCUT2D eigenvalue weighted by molar-refractivity contribution is -0.122. The molecule has 0 aromatic heterocycles. The number of hydrogen-bond donors (Lipinski definition) is 0.